The van der Waals surface area contributed by atoms with Crippen LogP contribution in [0.3, 0.4) is 0 Å². The molecule has 2 aromatic rings. The number of nitrogens with zero attached hydrogens (tertiary/aromatic N) is 4. The Bertz CT molecular complexity index is 1210. The van der Waals surface area contributed by atoms with E-state index in [2.05, 4.69) is 65.1 Å². The fraction of sp³-hybridized carbons (Fsp3) is 0.643. The minimum Gasteiger partial charge on any atom is -0.371 e. The third-order valence-electron chi connectivity index (χ3n) is 8.10. The van der Waals surface area contributed by atoms with Crippen molar-refractivity contribution in [2.24, 2.45) is 5.14 Å². The number of hydrogen-bond acceptors (Lipinski definition) is 10. The number of methoxy groups -OCH3 is 1. The number of aldehydes is 1. The Morgan fingerprint density at radius 2 is 1.88 bits per heavy atom. The molecule has 42 heavy (non-hydrogen) atoms. The number of piperazine rings is 1. The van der Waals surface area contributed by atoms with E-state index in [-0.39, 0.29) is 11.0 Å². The smallest absolute Gasteiger partial charge is 0.151 e. The van der Waals surface area contributed by atoms with Crippen LogP contribution in [0.25, 0.3) is 11.0 Å². The Balaban J connectivity index is 0.000000377. The summed E-state index contributed by atoms with van der Waals surface area (Å²) >= 11 is 2.44. The Morgan fingerprint density at radius 3 is 2.31 bits per heavy atom. The van der Waals surface area contributed by atoms with Gasteiger partial charge in [0, 0.05) is 7.11 Å². The molecule has 2 saturated heterocycles. The van der Waals surface area contributed by atoms with Crippen LogP contribution in [0.15, 0.2) is 12.1 Å². The number of carbonyl (C=O) groups is 1. The number of rotatable bonds is 9. The zero-order chi connectivity index (χ0) is 31.1. The van der Waals surface area contributed by atoms with Crippen molar-refractivity contribution in [1.29, 1.82) is 10.8 Å². The first kappa shape index (κ1) is 34.6. The van der Waals surface area contributed by atoms with Crippen molar-refractivity contribution in [3.8, 4) is 0 Å². The number of likely N-dealkylation sites (N-methyl/N-ethyl adjacent to an activating group) is 1. The first-order valence-electron chi connectivity index (χ1n) is 13.9. The summed E-state index contributed by atoms with van der Waals surface area (Å²) in [5.41, 5.74) is 4.48. The molecular formula is C28H43F2N7O3SSe. The number of ether oxygens (including phenoxy) is 2. The summed E-state index contributed by atoms with van der Waals surface area (Å²) in [5, 5.41) is 17.4. The van der Waals surface area contributed by atoms with Crippen molar-refractivity contribution < 1.29 is 23.0 Å². The molecule has 0 amide bonds. The van der Waals surface area contributed by atoms with Crippen LogP contribution < -0.4 is 10.0 Å². The summed E-state index contributed by atoms with van der Waals surface area (Å²) in [5.74, 6) is 1.43. The molecular weight excluding hydrogens is 631 g/mol. The molecule has 2 saturated carbocycles. The predicted octanol–water partition coefficient (Wildman–Crippen LogP) is 3.28. The standard InChI is InChI=1S/C22H29F2N5OSe.C5H8O2.CH3N.H3NS/c1-22(11-30-12-22)15-9-16(28-7-5-27(2)6-8-28)18-17(10-15)29(13-31-20(25)19(23)24)21(26-18)14-3-4-14;1-7-5(4-6)2-3-5;2*1-2/h9-10,14,19,25H,3-8,11-13H2,1-2H3;4H,2-3H2,1H3;2*2H,1H2. The van der Waals surface area contributed by atoms with Crippen molar-refractivity contribution in [1.82, 2.24) is 14.5 Å². The van der Waals surface area contributed by atoms with E-state index in [1.165, 1.54) is 5.56 Å². The maximum Gasteiger partial charge on any atom is 0.151 e. The van der Waals surface area contributed by atoms with Crippen molar-refractivity contribution in [3.05, 3.63) is 23.5 Å². The summed E-state index contributed by atoms with van der Waals surface area (Å²) in [7, 11) is 3.72. The fourth-order valence-corrected chi connectivity index (χ4v) is 6.31. The zero-order valence-corrected chi connectivity index (χ0v) is 27.2. The number of hydrogen-bond donors (Lipinski definition) is 4. The van der Waals surface area contributed by atoms with Gasteiger partial charge in [0.05, 0.1) is 0 Å². The molecule has 0 unspecified atom stereocenters. The van der Waals surface area contributed by atoms with Gasteiger partial charge in [-0.1, -0.05) is 0 Å². The van der Waals surface area contributed by atoms with Gasteiger partial charge in [-0.25, -0.2) is 0 Å². The van der Waals surface area contributed by atoms with Crippen LogP contribution in [0.5, 0.6) is 0 Å². The number of benzene rings is 1. The molecule has 1 aromatic carbocycles. The summed E-state index contributed by atoms with van der Waals surface area (Å²) in [6, 6.07) is 4.49. The van der Waals surface area contributed by atoms with E-state index >= 15 is 0 Å². The summed E-state index contributed by atoms with van der Waals surface area (Å²) in [6.07, 6.45) is 2.24. The maximum absolute atomic E-state index is 13.0. The number of carbonyl (C=O) groups excluding carboxylic acids is 1. The molecule has 234 valence electrons. The van der Waals surface area contributed by atoms with Gasteiger partial charge < -0.3 is 14.9 Å². The minimum absolute atomic E-state index is 0.0226. The quantitative estimate of drug-likeness (QED) is 0.139. The maximum atomic E-state index is 13.0. The topological polar surface area (TPSA) is 134 Å². The molecule has 1 aromatic heterocycles. The number of nitrogens with two attached hydrogens (primary N) is 1. The van der Waals surface area contributed by atoms with E-state index in [9.17, 15) is 13.6 Å². The van der Waals surface area contributed by atoms with Crippen LogP contribution in [-0.4, -0.2) is 113 Å². The molecule has 10 nitrogen and oxygen atoms in total. The fourth-order valence-electron chi connectivity index (χ4n) is 4.91. The van der Waals surface area contributed by atoms with Crippen LogP contribution in [0.1, 0.15) is 49.9 Å². The first-order valence-corrected chi connectivity index (χ1v) is 16.4. The summed E-state index contributed by atoms with van der Waals surface area (Å²) < 4.78 is 38.1. The van der Waals surface area contributed by atoms with Gasteiger partial charge in [0.15, 0.2) is 6.29 Å². The molecule has 2 aliphatic heterocycles. The van der Waals surface area contributed by atoms with Crippen LogP contribution >= 0.6 is 12.8 Å². The van der Waals surface area contributed by atoms with E-state index < -0.39 is 26.0 Å². The second-order valence-electron chi connectivity index (χ2n) is 11.2. The molecule has 4 aliphatic rings. The molecule has 3 heterocycles. The molecule has 0 bridgehead atoms. The molecule has 4 fully saturated rings. The van der Waals surface area contributed by atoms with Crippen molar-refractivity contribution in [3.63, 3.8) is 0 Å². The second kappa shape index (κ2) is 15.2. The number of thiol groups is 1. The number of alkyl halides is 2. The van der Waals surface area contributed by atoms with Gasteiger partial charge >= 0.3 is 187 Å². The van der Waals surface area contributed by atoms with Gasteiger partial charge in [-0.15, -0.1) is 12.8 Å². The average Bonchev–Trinajstić information content (AvgIpc) is 3.94. The van der Waals surface area contributed by atoms with Crippen molar-refractivity contribution in [2.75, 3.05) is 58.5 Å². The summed E-state index contributed by atoms with van der Waals surface area (Å²) in [6.45, 7) is 10.1. The molecule has 0 spiro atoms. The largest absolute Gasteiger partial charge is 0.371 e. The minimum atomic E-state index is -2.67. The number of anilines is 1. The van der Waals surface area contributed by atoms with Gasteiger partial charge in [0.1, 0.15) is 5.60 Å². The Morgan fingerprint density at radius 1 is 1.26 bits per heavy atom. The first-order chi connectivity index (χ1) is 20.2. The Hall–Kier alpha value is -1.93. The van der Waals surface area contributed by atoms with Crippen LogP contribution in [0.4, 0.5) is 14.5 Å². The van der Waals surface area contributed by atoms with Crippen LogP contribution in [0.2, 0.25) is 0 Å². The SMILES string of the molecule is C=N.CN1CCN(c2cc(C3(C)COC3)cc3c2nc(C2CC2)n3C[Se]C(=N)C(F)F)CC1.COC1(C=O)CC1.NS. The monoisotopic (exact) mass is 675 g/mol. The van der Waals surface area contributed by atoms with Gasteiger partial charge in [0.25, 0.3) is 0 Å². The number of fused-ring (bicyclic) bond motifs is 1. The average molecular weight is 675 g/mol. The van der Waals surface area contributed by atoms with E-state index in [0.717, 1.165) is 80.7 Å². The van der Waals surface area contributed by atoms with E-state index in [1.54, 1.807) is 7.11 Å². The van der Waals surface area contributed by atoms with E-state index in [0.29, 0.717) is 24.6 Å². The third kappa shape index (κ3) is 7.96. The zero-order valence-electron chi connectivity index (χ0n) is 24.6. The number of aromatic nitrogens is 2. The van der Waals surface area contributed by atoms with Gasteiger partial charge in [0.2, 0.25) is 0 Å². The second-order valence-corrected chi connectivity index (χ2v) is 13.3. The van der Waals surface area contributed by atoms with Gasteiger partial charge in [-0.05, 0) is 19.6 Å². The van der Waals surface area contributed by atoms with Gasteiger partial charge in [-0.3, -0.25) is 5.14 Å². The predicted molar refractivity (Wildman–Crippen MR) is 167 cm³/mol. The molecule has 2 aliphatic carbocycles. The van der Waals surface area contributed by atoms with Crippen LogP contribution in [0, 0.1) is 10.8 Å². The van der Waals surface area contributed by atoms with Crippen molar-refractivity contribution >= 4 is 62.1 Å². The number of halogens is 2. The molecule has 0 radical (unpaired) electrons. The molecule has 4 N–H and O–H groups in total. The normalized spacial score (nSPS) is 20.2. The van der Waals surface area contributed by atoms with E-state index in [1.807, 2.05) is 0 Å². The summed E-state index contributed by atoms with van der Waals surface area (Å²) in [4.78, 5) is 19.8. The molecule has 0 atom stereocenters. The van der Waals surface area contributed by atoms with Crippen molar-refractivity contribution in [2.45, 2.75) is 61.4 Å². The number of imidazole rings is 1. The third-order valence-corrected chi connectivity index (χ3v) is 9.94. The number of nitrogens with one attached hydrogen (secondary N) is 2. The van der Waals surface area contributed by atoms with Crippen LogP contribution in [-0.2, 0) is 25.1 Å². The van der Waals surface area contributed by atoms with E-state index in [4.69, 9.17) is 25.3 Å². The molecule has 6 rings (SSSR count). The molecule has 14 heteroatoms. The Kier molecular flexibility index (Phi) is 12.5. The van der Waals surface area contributed by atoms with Gasteiger partial charge in [-0.2, -0.15) is 0 Å². The Labute approximate surface area is 258 Å².